The third-order valence-corrected chi connectivity index (χ3v) is 5.86. The van der Waals surface area contributed by atoms with Crippen LogP contribution in [0.2, 0.25) is 10.0 Å². The van der Waals surface area contributed by atoms with Gasteiger partial charge in [-0.2, -0.15) is 0 Å². The van der Waals surface area contributed by atoms with Gasteiger partial charge in [0.2, 0.25) is 0 Å². The highest BCUT2D eigenvalue weighted by Gasteiger charge is 2.21. The number of hydrogen-bond donors (Lipinski definition) is 1. The van der Waals surface area contributed by atoms with Crippen molar-refractivity contribution in [2.75, 3.05) is 20.6 Å². The number of carbonyl (C=O) groups is 1. The topological polar surface area (TPSA) is 45.5 Å². The van der Waals surface area contributed by atoms with E-state index in [4.69, 9.17) is 27.6 Å². The minimum absolute atomic E-state index is 0.0553. The van der Waals surface area contributed by atoms with Crippen molar-refractivity contribution in [3.05, 3.63) is 56.8 Å². The van der Waals surface area contributed by atoms with Crippen molar-refractivity contribution in [3.8, 4) is 0 Å². The molecule has 0 saturated carbocycles. The van der Waals surface area contributed by atoms with Crippen LogP contribution in [0.25, 0.3) is 10.1 Å². The molecule has 3 aromatic rings. The zero-order valence-corrected chi connectivity index (χ0v) is 16.4. The van der Waals surface area contributed by atoms with Crippen molar-refractivity contribution in [3.63, 3.8) is 0 Å². The average molecular weight is 397 g/mol. The van der Waals surface area contributed by atoms with E-state index >= 15 is 0 Å². The molecule has 4 nitrogen and oxygen atoms in total. The van der Waals surface area contributed by atoms with Gasteiger partial charge < -0.3 is 9.73 Å². The van der Waals surface area contributed by atoms with Gasteiger partial charge in [-0.3, -0.25) is 9.69 Å². The molecule has 0 spiro atoms. The smallest absolute Gasteiger partial charge is 0.263 e. The Morgan fingerprint density at radius 1 is 1.28 bits per heavy atom. The summed E-state index contributed by atoms with van der Waals surface area (Å²) in [6, 6.07) is 9.21. The first-order chi connectivity index (χ1) is 11.9. The van der Waals surface area contributed by atoms with Gasteiger partial charge in [-0.25, -0.2) is 0 Å². The van der Waals surface area contributed by atoms with E-state index in [9.17, 15) is 4.79 Å². The summed E-state index contributed by atoms with van der Waals surface area (Å²) in [6.07, 6.45) is 0. The second-order valence-electron chi connectivity index (χ2n) is 6.02. The highest BCUT2D eigenvalue weighted by atomic mass is 35.5. The molecule has 0 radical (unpaired) electrons. The average Bonchev–Trinajstić information content (AvgIpc) is 3.11. The van der Waals surface area contributed by atoms with Crippen LogP contribution < -0.4 is 5.32 Å². The Labute approximate surface area is 160 Å². The predicted molar refractivity (Wildman–Crippen MR) is 104 cm³/mol. The van der Waals surface area contributed by atoms with E-state index in [1.165, 1.54) is 11.3 Å². The quantitative estimate of drug-likeness (QED) is 0.648. The molecule has 1 aromatic carbocycles. The normalized spacial score (nSPS) is 12.7. The molecule has 25 heavy (non-hydrogen) atoms. The molecule has 0 aliphatic rings. The molecule has 3 rings (SSSR count). The summed E-state index contributed by atoms with van der Waals surface area (Å²) in [5, 5.41) is 4.88. The number of fused-ring (bicyclic) bond motifs is 1. The molecule has 0 aliphatic carbocycles. The predicted octanol–water partition coefficient (Wildman–Crippen LogP) is 5.14. The molecule has 0 aliphatic heterocycles. The summed E-state index contributed by atoms with van der Waals surface area (Å²) in [7, 11) is 3.90. The summed E-state index contributed by atoms with van der Waals surface area (Å²) in [5.41, 5.74) is 0. The van der Waals surface area contributed by atoms with E-state index in [0.29, 0.717) is 21.5 Å². The largest absolute Gasteiger partial charge is 0.465 e. The molecule has 2 heterocycles. The Balaban J connectivity index is 1.78. The van der Waals surface area contributed by atoms with E-state index < -0.39 is 0 Å². The van der Waals surface area contributed by atoms with Crippen LogP contribution in [-0.2, 0) is 0 Å². The molecule has 132 valence electrons. The molecular weight excluding hydrogens is 379 g/mol. The maximum absolute atomic E-state index is 12.6. The first kappa shape index (κ1) is 18.3. The van der Waals surface area contributed by atoms with E-state index in [0.717, 1.165) is 21.6 Å². The molecular formula is C18H18Cl2N2O2S. The van der Waals surface area contributed by atoms with E-state index in [1.54, 1.807) is 6.07 Å². The van der Waals surface area contributed by atoms with Crippen LogP contribution in [0.1, 0.15) is 27.2 Å². The number of amides is 1. The van der Waals surface area contributed by atoms with Gasteiger partial charge in [0.05, 0.1) is 11.1 Å². The second-order valence-corrected chi connectivity index (χ2v) is 7.89. The van der Waals surface area contributed by atoms with Gasteiger partial charge in [0.25, 0.3) is 5.91 Å². The molecule has 1 unspecified atom stereocenters. The van der Waals surface area contributed by atoms with Crippen LogP contribution in [-0.4, -0.2) is 31.4 Å². The van der Waals surface area contributed by atoms with Crippen molar-refractivity contribution in [2.24, 2.45) is 0 Å². The fourth-order valence-electron chi connectivity index (χ4n) is 2.62. The molecule has 0 fully saturated rings. The lowest BCUT2D eigenvalue weighted by Crippen LogP contribution is -2.34. The third-order valence-electron chi connectivity index (χ3n) is 3.97. The highest BCUT2D eigenvalue weighted by Crippen LogP contribution is 2.36. The summed E-state index contributed by atoms with van der Waals surface area (Å²) in [5.74, 6) is 1.46. The van der Waals surface area contributed by atoms with Gasteiger partial charge in [-0.15, -0.1) is 11.3 Å². The van der Waals surface area contributed by atoms with Crippen LogP contribution in [0.5, 0.6) is 0 Å². The number of hydrogen-bond acceptors (Lipinski definition) is 4. The highest BCUT2D eigenvalue weighted by molar-refractivity contribution is 7.21. The number of furan rings is 1. The van der Waals surface area contributed by atoms with Crippen LogP contribution in [0.3, 0.4) is 0 Å². The number of carbonyl (C=O) groups excluding carboxylic acids is 1. The Morgan fingerprint density at radius 2 is 2.04 bits per heavy atom. The number of nitrogens with zero attached hydrogens (tertiary/aromatic N) is 1. The van der Waals surface area contributed by atoms with Gasteiger partial charge in [-0.1, -0.05) is 29.3 Å². The molecule has 0 saturated heterocycles. The van der Waals surface area contributed by atoms with Crippen LogP contribution in [0.15, 0.2) is 34.7 Å². The fourth-order valence-corrected chi connectivity index (χ4v) is 4.33. The first-order valence-electron chi connectivity index (χ1n) is 7.75. The minimum Gasteiger partial charge on any atom is -0.465 e. The summed E-state index contributed by atoms with van der Waals surface area (Å²) in [6.45, 7) is 2.32. The van der Waals surface area contributed by atoms with Crippen molar-refractivity contribution in [1.29, 1.82) is 0 Å². The standard InChI is InChI=1S/C18H18Cl2N2O2S/c1-10-4-7-14(24-10)13(22(2)3)9-21-18(23)17-16(20)12-6-5-11(19)8-15(12)25-17/h4-8,13H,9H2,1-3H3,(H,21,23). The van der Waals surface area contributed by atoms with E-state index in [2.05, 4.69) is 5.32 Å². The van der Waals surface area contributed by atoms with Gasteiger partial charge in [0, 0.05) is 21.7 Å². The fraction of sp³-hybridized carbons (Fsp3) is 0.278. The van der Waals surface area contributed by atoms with Gasteiger partial charge in [0.15, 0.2) is 0 Å². The number of benzene rings is 1. The second kappa shape index (κ2) is 7.38. The van der Waals surface area contributed by atoms with Crippen molar-refractivity contribution in [2.45, 2.75) is 13.0 Å². The molecule has 1 amide bonds. The molecule has 1 N–H and O–H groups in total. The number of halogens is 2. The van der Waals surface area contributed by atoms with Gasteiger partial charge >= 0.3 is 0 Å². The molecule has 1 atom stereocenters. The zero-order chi connectivity index (χ0) is 18.1. The summed E-state index contributed by atoms with van der Waals surface area (Å²) < 4.78 is 6.60. The van der Waals surface area contributed by atoms with Crippen molar-refractivity contribution < 1.29 is 9.21 Å². The Kier molecular flexibility index (Phi) is 5.39. The number of aryl methyl sites for hydroxylation is 1. The Bertz CT molecular complexity index is 917. The maximum Gasteiger partial charge on any atom is 0.263 e. The number of likely N-dealkylation sites (N-methyl/N-ethyl adjacent to an activating group) is 1. The van der Waals surface area contributed by atoms with Crippen molar-refractivity contribution >= 4 is 50.5 Å². The lowest BCUT2D eigenvalue weighted by molar-refractivity contribution is 0.0943. The first-order valence-corrected chi connectivity index (χ1v) is 9.32. The SMILES string of the molecule is Cc1ccc(C(CNC(=O)c2sc3cc(Cl)ccc3c2Cl)N(C)C)o1. The number of nitrogens with one attached hydrogen (secondary N) is 1. The lowest BCUT2D eigenvalue weighted by Gasteiger charge is -2.22. The maximum atomic E-state index is 12.6. The Hall–Kier alpha value is -1.53. The monoisotopic (exact) mass is 396 g/mol. The Morgan fingerprint density at radius 3 is 2.68 bits per heavy atom. The molecule has 7 heteroatoms. The summed E-state index contributed by atoms with van der Waals surface area (Å²) in [4.78, 5) is 15.1. The lowest BCUT2D eigenvalue weighted by atomic mass is 10.2. The number of thiophene rings is 1. The van der Waals surface area contributed by atoms with E-state index in [-0.39, 0.29) is 11.9 Å². The van der Waals surface area contributed by atoms with Crippen LogP contribution >= 0.6 is 34.5 Å². The van der Waals surface area contributed by atoms with Crippen LogP contribution in [0.4, 0.5) is 0 Å². The minimum atomic E-state index is -0.197. The van der Waals surface area contributed by atoms with Crippen molar-refractivity contribution in [1.82, 2.24) is 10.2 Å². The van der Waals surface area contributed by atoms with Gasteiger partial charge in [-0.05, 0) is 45.3 Å². The molecule has 2 aromatic heterocycles. The zero-order valence-electron chi connectivity index (χ0n) is 14.1. The van der Waals surface area contributed by atoms with E-state index in [1.807, 2.05) is 50.2 Å². The molecule has 0 bridgehead atoms. The number of rotatable bonds is 5. The van der Waals surface area contributed by atoms with Gasteiger partial charge in [0.1, 0.15) is 16.4 Å². The summed E-state index contributed by atoms with van der Waals surface area (Å²) >= 11 is 13.7. The third kappa shape index (κ3) is 3.85. The van der Waals surface area contributed by atoms with Crippen LogP contribution in [0, 0.1) is 6.92 Å².